The molecule has 0 bridgehead atoms. The Morgan fingerprint density at radius 1 is 0.955 bits per heavy atom. The average Bonchev–Trinajstić information content (AvgIpc) is 3.77. The normalized spacial score (nSPS) is 49.8. The maximum Gasteiger partial charge on any atom is 0.343 e. The van der Waals surface area contributed by atoms with Crippen LogP contribution in [0, 0.1) is 46.8 Å². The van der Waals surface area contributed by atoms with Crippen molar-refractivity contribution in [3.05, 3.63) is 11.8 Å². The largest absolute Gasteiger partial charge is 0.459 e. The summed E-state index contributed by atoms with van der Waals surface area (Å²) in [6.45, 7) is 8.00. The van der Waals surface area contributed by atoms with Gasteiger partial charge in [0.25, 0.3) is 0 Å². The molecule has 7 rings (SSSR count). The van der Waals surface area contributed by atoms with Gasteiger partial charge in [0.05, 0.1) is 17.4 Å². The number of carbonyl (C=O) groups excluding carboxylic acids is 4. The molecule has 10 unspecified atom stereocenters. The highest BCUT2D eigenvalue weighted by atomic mass is 16.6. The van der Waals surface area contributed by atoms with Gasteiger partial charge in [0.15, 0.2) is 11.4 Å². The van der Waals surface area contributed by atoms with Gasteiger partial charge >= 0.3 is 17.9 Å². The molecule has 1 saturated heterocycles. The average molecular weight is 617 g/mol. The van der Waals surface area contributed by atoms with Gasteiger partial charge < -0.3 is 29.2 Å². The quantitative estimate of drug-likeness (QED) is 0.356. The summed E-state index contributed by atoms with van der Waals surface area (Å²) >= 11 is 0. The van der Waals surface area contributed by atoms with Crippen molar-refractivity contribution in [2.75, 3.05) is 7.11 Å². The number of fused-ring (bicyclic) bond motifs is 9. The molecule has 0 aromatic carbocycles. The molecular formula is C34H48O10. The molecule has 1 heterocycles. The summed E-state index contributed by atoms with van der Waals surface area (Å²) < 4.78 is 23.8. The van der Waals surface area contributed by atoms with Crippen LogP contribution in [0.5, 0.6) is 0 Å². The van der Waals surface area contributed by atoms with Crippen molar-refractivity contribution < 1.29 is 48.3 Å². The van der Waals surface area contributed by atoms with Gasteiger partial charge in [0, 0.05) is 51.0 Å². The van der Waals surface area contributed by atoms with Crippen LogP contribution in [0.1, 0.15) is 92.4 Å². The van der Waals surface area contributed by atoms with E-state index in [1.807, 2.05) is 19.9 Å². The number of esters is 3. The number of Topliss-reactive ketones (excluding diaryl/α,β-unsaturated/α-hetero) is 1. The zero-order valence-electron chi connectivity index (χ0n) is 26.8. The number of methoxy groups -OCH3 is 1. The van der Waals surface area contributed by atoms with Gasteiger partial charge in [-0.25, -0.2) is 4.79 Å². The van der Waals surface area contributed by atoms with E-state index >= 15 is 0 Å². The molecule has 13 atom stereocenters. The summed E-state index contributed by atoms with van der Waals surface area (Å²) in [7, 11) is 1.61. The minimum absolute atomic E-state index is 0.176. The lowest BCUT2D eigenvalue weighted by atomic mass is 9.48. The molecule has 7 aliphatic rings. The second kappa shape index (κ2) is 10.6. The van der Waals surface area contributed by atoms with Crippen LogP contribution in [0.4, 0.5) is 0 Å². The van der Waals surface area contributed by atoms with E-state index in [0.29, 0.717) is 44.3 Å². The number of carbonyl (C=O) groups is 4. The molecule has 2 N–H and O–H groups in total. The number of aliphatic hydroxyl groups excluding tert-OH is 1. The molecule has 0 amide bonds. The zero-order chi connectivity index (χ0) is 32.0. The number of hydrogen-bond acceptors (Lipinski definition) is 10. The van der Waals surface area contributed by atoms with E-state index in [1.54, 1.807) is 7.11 Å². The fraction of sp³-hybridized carbons (Fsp3) is 0.824. The summed E-state index contributed by atoms with van der Waals surface area (Å²) in [6.07, 6.45) is 7.55. The highest BCUT2D eigenvalue weighted by Gasteiger charge is 2.77. The monoisotopic (exact) mass is 616 g/mol. The molecule has 0 radical (unpaired) electrons. The van der Waals surface area contributed by atoms with Crippen LogP contribution in [0.2, 0.25) is 0 Å². The van der Waals surface area contributed by atoms with Crippen molar-refractivity contribution in [3.8, 4) is 0 Å². The van der Waals surface area contributed by atoms with E-state index in [9.17, 15) is 29.4 Å². The fourth-order valence-corrected chi connectivity index (χ4v) is 10.7. The maximum absolute atomic E-state index is 14.0. The number of aliphatic hydroxyl groups is 2. The smallest absolute Gasteiger partial charge is 0.343 e. The molecule has 6 fully saturated rings. The molecule has 0 aromatic heterocycles. The van der Waals surface area contributed by atoms with E-state index < -0.39 is 64.0 Å². The molecular weight excluding hydrogens is 568 g/mol. The van der Waals surface area contributed by atoms with E-state index in [-0.39, 0.29) is 35.6 Å². The summed E-state index contributed by atoms with van der Waals surface area (Å²) in [5, 5.41) is 23.3. The van der Waals surface area contributed by atoms with Gasteiger partial charge in [-0.05, 0) is 63.9 Å². The first-order valence-corrected chi connectivity index (χ1v) is 16.5. The molecule has 10 heteroatoms. The van der Waals surface area contributed by atoms with Gasteiger partial charge in [-0.2, -0.15) is 0 Å². The zero-order valence-corrected chi connectivity index (χ0v) is 26.8. The highest BCUT2D eigenvalue weighted by molar-refractivity contribution is 5.89. The first-order chi connectivity index (χ1) is 20.7. The Bertz CT molecular complexity index is 1270. The number of ether oxygens (including phenoxy) is 4. The first kappa shape index (κ1) is 31.7. The first-order valence-electron chi connectivity index (χ1n) is 16.5. The van der Waals surface area contributed by atoms with Crippen LogP contribution >= 0.6 is 0 Å². The maximum atomic E-state index is 14.0. The Hall–Kier alpha value is -2.30. The predicted octanol–water partition coefficient (Wildman–Crippen LogP) is 3.65. The number of rotatable bonds is 3. The minimum Gasteiger partial charge on any atom is -0.459 e. The van der Waals surface area contributed by atoms with Crippen molar-refractivity contribution in [1.82, 2.24) is 0 Å². The lowest BCUT2D eigenvalue weighted by Gasteiger charge is -2.61. The van der Waals surface area contributed by atoms with Gasteiger partial charge in [-0.15, -0.1) is 0 Å². The minimum atomic E-state index is -1.81. The molecule has 5 saturated carbocycles. The van der Waals surface area contributed by atoms with Gasteiger partial charge in [0.1, 0.15) is 23.1 Å². The third-order valence-electron chi connectivity index (χ3n) is 12.6. The second-order valence-electron chi connectivity index (χ2n) is 14.9. The van der Waals surface area contributed by atoms with Crippen LogP contribution in [0.25, 0.3) is 0 Å². The van der Waals surface area contributed by atoms with Crippen LogP contribution in [0.3, 0.4) is 0 Å². The third-order valence-corrected chi connectivity index (χ3v) is 12.6. The lowest BCUT2D eigenvalue weighted by molar-refractivity contribution is -0.243. The number of hydrogen-bond donors (Lipinski definition) is 2. The Morgan fingerprint density at radius 2 is 1.59 bits per heavy atom. The molecule has 244 valence electrons. The molecule has 0 aromatic rings. The predicted molar refractivity (Wildman–Crippen MR) is 155 cm³/mol. The van der Waals surface area contributed by atoms with Crippen LogP contribution < -0.4 is 0 Å². The summed E-state index contributed by atoms with van der Waals surface area (Å²) in [5.41, 5.74) is -5.09. The summed E-state index contributed by atoms with van der Waals surface area (Å²) in [4.78, 5) is 52.2. The summed E-state index contributed by atoms with van der Waals surface area (Å²) in [5.74, 6) is -4.56. The van der Waals surface area contributed by atoms with E-state index in [2.05, 4.69) is 0 Å². The summed E-state index contributed by atoms with van der Waals surface area (Å²) in [6, 6.07) is 0. The Labute approximate surface area is 259 Å². The van der Waals surface area contributed by atoms with E-state index in [4.69, 9.17) is 18.9 Å². The van der Waals surface area contributed by atoms with E-state index in [1.165, 1.54) is 40.0 Å². The molecule has 44 heavy (non-hydrogen) atoms. The van der Waals surface area contributed by atoms with Crippen molar-refractivity contribution in [2.45, 2.75) is 121 Å². The molecule has 6 aliphatic carbocycles. The van der Waals surface area contributed by atoms with E-state index in [0.717, 1.165) is 0 Å². The second-order valence-corrected chi connectivity index (χ2v) is 14.9. The molecule has 10 nitrogen and oxygen atoms in total. The Balaban J connectivity index is 0.00000108. The molecule has 0 spiro atoms. The van der Waals surface area contributed by atoms with Crippen LogP contribution in [-0.4, -0.2) is 70.0 Å². The van der Waals surface area contributed by atoms with Gasteiger partial charge in [-0.3, -0.25) is 14.4 Å². The standard InChI is InChI=1S/C31H42O10.C3H6/c1-14-11-22-28(4,29(5,37)27(36)39-22)21-12-20-23-18(9-10-30(20,24(14)21)40-15(2)32)31(41-16(3)33)13-17(38-6)7-8-19(31)25(34)26(23)35;1-2-3-1/h11,14,17-21,23-24,26,35,37H,7-10,12-13H2,1-6H3;1-3H2/t14-,17+,18?,19?,20?,21?,23?,24+,26?,28?,29?,30?,31?;/m1./s1. The topological polar surface area (TPSA) is 146 Å². The highest BCUT2D eigenvalue weighted by Crippen LogP contribution is 2.71. The van der Waals surface area contributed by atoms with Crippen molar-refractivity contribution in [1.29, 1.82) is 0 Å². The fourth-order valence-electron chi connectivity index (χ4n) is 10.7. The van der Waals surface area contributed by atoms with Crippen LogP contribution in [-0.2, 0) is 38.1 Å². The lowest BCUT2D eigenvalue weighted by Crippen LogP contribution is -2.70. The Morgan fingerprint density at radius 3 is 2.18 bits per heavy atom. The number of allylic oxidation sites excluding steroid dienone is 1. The van der Waals surface area contributed by atoms with Crippen molar-refractivity contribution in [2.24, 2.45) is 46.8 Å². The Kier molecular flexibility index (Phi) is 7.65. The van der Waals surface area contributed by atoms with Gasteiger partial charge in [0.2, 0.25) is 0 Å². The third kappa shape index (κ3) is 4.29. The van der Waals surface area contributed by atoms with Crippen molar-refractivity contribution >= 4 is 23.7 Å². The molecule has 1 aliphatic heterocycles. The SMILES string of the molecule is C1CC1.CO[C@H]1CCC2C(=O)C(O)C3C(CCC4(OC(C)=O)C3CC3[C@@H]4[C@H](C)C=C4OC(=O)C(C)(O)C43C)C2(OC(C)=O)C1. The van der Waals surface area contributed by atoms with Gasteiger partial charge in [-0.1, -0.05) is 26.2 Å². The van der Waals surface area contributed by atoms with Crippen molar-refractivity contribution in [3.63, 3.8) is 0 Å². The van der Waals surface area contributed by atoms with Crippen LogP contribution in [0.15, 0.2) is 11.8 Å². The number of ketones is 1.